The van der Waals surface area contributed by atoms with Gasteiger partial charge < -0.3 is 4.90 Å². The normalized spacial score (nSPS) is 17.4. The highest BCUT2D eigenvalue weighted by atomic mass is 35.5. The number of benzene rings is 2. The van der Waals surface area contributed by atoms with E-state index in [9.17, 15) is 14.4 Å². The van der Waals surface area contributed by atoms with E-state index in [0.29, 0.717) is 6.54 Å². The van der Waals surface area contributed by atoms with Crippen LogP contribution in [0.5, 0.6) is 0 Å². The zero-order chi connectivity index (χ0) is 21.3. The third-order valence-electron chi connectivity index (χ3n) is 5.22. The molecule has 0 spiro atoms. The van der Waals surface area contributed by atoms with Crippen molar-refractivity contribution in [2.24, 2.45) is 0 Å². The highest BCUT2D eigenvalue weighted by molar-refractivity contribution is 6.31. The van der Waals surface area contributed by atoms with Crippen LogP contribution < -0.4 is 10.2 Å². The summed E-state index contributed by atoms with van der Waals surface area (Å²) in [5, 5.41) is 2.94. The van der Waals surface area contributed by atoms with Crippen LogP contribution in [0.3, 0.4) is 0 Å². The number of hydrogen-bond acceptors (Lipinski definition) is 4. The van der Waals surface area contributed by atoms with Crippen molar-refractivity contribution in [2.75, 3.05) is 18.0 Å². The first-order chi connectivity index (χ1) is 14.5. The van der Waals surface area contributed by atoms with Gasteiger partial charge in [-0.1, -0.05) is 41.9 Å². The zero-order valence-corrected chi connectivity index (χ0v) is 17.0. The van der Waals surface area contributed by atoms with Crippen molar-refractivity contribution in [1.82, 2.24) is 10.2 Å². The van der Waals surface area contributed by atoms with Crippen LogP contribution in [-0.2, 0) is 22.6 Å². The Morgan fingerprint density at radius 1 is 1.13 bits per heavy atom. The zero-order valence-electron chi connectivity index (χ0n) is 16.2. The van der Waals surface area contributed by atoms with Gasteiger partial charge in [-0.25, -0.2) is 4.79 Å². The number of halogens is 1. The molecule has 0 atom stereocenters. The molecule has 2 aromatic rings. The average molecular weight is 422 g/mol. The maximum absolute atomic E-state index is 12.6. The van der Waals surface area contributed by atoms with Gasteiger partial charge in [0.2, 0.25) is 0 Å². The van der Waals surface area contributed by atoms with E-state index in [4.69, 9.17) is 11.6 Å². The first-order valence-corrected chi connectivity index (χ1v) is 9.97. The van der Waals surface area contributed by atoms with Crippen molar-refractivity contribution in [3.05, 3.63) is 82.4 Å². The summed E-state index contributed by atoms with van der Waals surface area (Å²) in [5.41, 5.74) is 3.98. The van der Waals surface area contributed by atoms with E-state index < -0.39 is 17.8 Å². The second kappa shape index (κ2) is 8.16. The van der Waals surface area contributed by atoms with Crippen molar-refractivity contribution in [2.45, 2.75) is 13.0 Å². The molecule has 0 aliphatic carbocycles. The van der Waals surface area contributed by atoms with Crippen molar-refractivity contribution < 1.29 is 14.4 Å². The number of rotatable bonds is 5. The largest absolute Gasteiger partial charge is 0.367 e. The lowest BCUT2D eigenvalue weighted by Crippen LogP contribution is -2.54. The average Bonchev–Trinajstić information content (AvgIpc) is 3.12. The predicted octanol–water partition coefficient (Wildman–Crippen LogP) is 3.55. The van der Waals surface area contributed by atoms with Crippen molar-refractivity contribution >= 4 is 41.2 Å². The lowest BCUT2D eigenvalue weighted by atomic mass is 10.0. The summed E-state index contributed by atoms with van der Waals surface area (Å²) in [7, 11) is 0. The number of hydrogen-bond donors (Lipinski definition) is 1. The first kappa shape index (κ1) is 19.9. The molecule has 1 fully saturated rings. The Morgan fingerprint density at radius 2 is 1.93 bits per heavy atom. The molecule has 4 amide bonds. The monoisotopic (exact) mass is 421 g/mol. The molecule has 2 heterocycles. The number of urea groups is 1. The summed E-state index contributed by atoms with van der Waals surface area (Å²) in [6, 6.07) is 12.9. The molecule has 0 aromatic heterocycles. The Hall–Kier alpha value is -3.38. The molecular formula is C23H20ClN3O3. The number of nitrogens with zero attached hydrogens (tertiary/aromatic N) is 2. The highest BCUT2D eigenvalue weighted by Gasteiger charge is 2.35. The second-order valence-corrected chi connectivity index (χ2v) is 7.58. The van der Waals surface area contributed by atoms with E-state index in [1.807, 2.05) is 42.5 Å². The fourth-order valence-corrected chi connectivity index (χ4v) is 3.93. The molecule has 2 aliphatic heterocycles. The number of barbiturate groups is 1. The summed E-state index contributed by atoms with van der Waals surface area (Å²) >= 11 is 6.30. The maximum atomic E-state index is 12.6. The number of nitrogens with one attached hydrogen (secondary N) is 1. The summed E-state index contributed by atoms with van der Waals surface area (Å²) in [5.74, 6) is -1.31. The molecule has 1 saturated heterocycles. The van der Waals surface area contributed by atoms with Gasteiger partial charge in [0.25, 0.3) is 11.8 Å². The molecule has 0 unspecified atom stereocenters. The van der Waals surface area contributed by atoms with Gasteiger partial charge in [-0.3, -0.25) is 19.8 Å². The van der Waals surface area contributed by atoms with Gasteiger partial charge in [0.1, 0.15) is 5.57 Å². The molecule has 1 N–H and O–H groups in total. The molecule has 0 bridgehead atoms. The molecule has 6 nitrogen and oxygen atoms in total. The van der Waals surface area contributed by atoms with Gasteiger partial charge in [-0.15, -0.1) is 6.58 Å². The molecule has 0 radical (unpaired) electrons. The van der Waals surface area contributed by atoms with Gasteiger partial charge in [0.05, 0.1) is 0 Å². The molecule has 2 aromatic carbocycles. The lowest BCUT2D eigenvalue weighted by Gasteiger charge is -2.25. The van der Waals surface area contributed by atoms with Crippen LogP contribution in [-0.4, -0.2) is 35.8 Å². The smallest absolute Gasteiger partial charge is 0.331 e. The Bertz CT molecular complexity index is 1090. The predicted molar refractivity (Wildman–Crippen MR) is 116 cm³/mol. The minimum absolute atomic E-state index is 0.0382. The summed E-state index contributed by atoms with van der Waals surface area (Å²) in [6.07, 6.45) is 3.82. The van der Waals surface area contributed by atoms with E-state index in [0.717, 1.165) is 45.3 Å². The van der Waals surface area contributed by atoms with Crippen LogP contribution in [0.15, 0.2) is 60.7 Å². The highest BCUT2D eigenvalue weighted by Crippen LogP contribution is 2.32. The van der Waals surface area contributed by atoms with Gasteiger partial charge in [0.15, 0.2) is 0 Å². The van der Waals surface area contributed by atoms with Gasteiger partial charge >= 0.3 is 6.03 Å². The molecule has 0 saturated carbocycles. The van der Waals surface area contributed by atoms with Crippen molar-refractivity contribution in [3.63, 3.8) is 0 Å². The van der Waals surface area contributed by atoms with Crippen LogP contribution in [0.25, 0.3) is 6.08 Å². The Balaban J connectivity index is 1.58. The third-order valence-corrected chi connectivity index (χ3v) is 5.59. The lowest BCUT2D eigenvalue weighted by molar-refractivity contribution is -0.129. The summed E-state index contributed by atoms with van der Waals surface area (Å²) < 4.78 is 0. The van der Waals surface area contributed by atoms with Crippen molar-refractivity contribution in [3.8, 4) is 0 Å². The van der Waals surface area contributed by atoms with E-state index in [1.165, 1.54) is 12.2 Å². The van der Waals surface area contributed by atoms with E-state index in [1.54, 1.807) is 0 Å². The third kappa shape index (κ3) is 3.74. The van der Waals surface area contributed by atoms with Crippen molar-refractivity contribution in [1.29, 1.82) is 0 Å². The minimum atomic E-state index is -0.730. The number of carbonyl (C=O) groups is 3. The standard InChI is InChI=1S/C23H20ClN3O3/c1-2-10-27-22(29)18(21(28)25-23(27)30)13-15-7-8-20-16(12-15)9-11-26(20)14-17-5-3-4-6-19(17)24/h2-8,12-13H,1,9-11,14H2,(H,25,28,30). The molecule has 7 heteroatoms. The van der Waals surface area contributed by atoms with E-state index >= 15 is 0 Å². The Labute approximate surface area is 179 Å². The number of anilines is 1. The number of carbonyl (C=O) groups excluding carboxylic acids is 3. The van der Waals surface area contributed by atoms with Crippen LogP contribution in [0.4, 0.5) is 10.5 Å². The van der Waals surface area contributed by atoms with Crippen LogP contribution >= 0.6 is 11.6 Å². The molecule has 152 valence electrons. The topological polar surface area (TPSA) is 69.7 Å². The van der Waals surface area contributed by atoms with Crippen LogP contribution in [0.1, 0.15) is 16.7 Å². The summed E-state index contributed by atoms with van der Waals surface area (Å²) in [4.78, 5) is 39.8. The molecular weight excluding hydrogens is 402 g/mol. The SMILES string of the molecule is C=CCN1C(=O)NC(=O)C(=Cc2ccc3c(c2)CCN3Cc2ccccc2Cl)C1=O. The van der Waals surface area contributed by atoms with Gasteiger partial charge in [0, 0.05) is 30.3 Å². The second-order valence-electron chi connectivity index (χ2n) is 7.17. The fourth-order valence-electron chi connectivity index (χ4n) is 3.73. The summed E-state index contributed by atoms with van der Waals surface area (Å²) in [6.45, 7) is 5.16. The van der Waals surface area contributed by atoms with Crippen LogP contribution in [0.2, 0.25) is 5.02 Å². The number of imide groups is 2. The maximum Gasteiger partial charge on any atom is 0.331 e. The van der Waals surface area contributed by atoms with E-state index in [2.05, 4.69) is 16.8 Å². The van der Waals surface area contributed by atoms with Gasteiger partial charge in [-0.2, -0.15) is 0 Å². The Kier molecular flexibility index (Phi) is 5.42. The quantitative estimate of drug-likeness (QED) is 0.455. The fraction of sp³-hybridized carbons (Fsp3) is 0.174. The molecule has 4 rings (SSSR count). The molecule has 2 aliphatic rings. The Morgan fingerprint density at radius 3 is 2.70 bits per heavy atom. The molecule has 30 heavy (non-hydrogen) atoms. The van der Waals surface area contributed by atoms with E-state index in [-0.39, 0.29) is 12.1 Å². The first-order valence-electron chi connectivity index (χ1n) is 9.59. The van der Waals surface area contributed by atoms with Gasteiger partial charge in [-0.05, 0) is 47.4 Å². The minimum Gasteiger partial charge on any atom is -0.367 e. The van der Waals surface area contributed by atoms with Crippen LogP contribution in [0, 0.1) is 0 Å². The number of amides is 4. The number of fused-ring (bicyclic) bond motifs is 1.